The number of alkyl halides is 3. The summed E-state index contributed by atoms with van der Waals surface area (Å²) in [6.07, 6.45) is -3.21. The molecule has 19 heavy (non-hydrogen) atoms. The van der Waals surface area contributed by atoms with Gasteiger partial charge in [0.25, 0.3) is 0 Å². The van der Waals surface area contributed by atoms with Crippen LogP contribution in [-0.2, 0) is 6.42 Å². The van der Waals surface area contributed by atoms with Crippen molar-refractivity contribution in [3.63, 3.8) is 0 Å². The quantitative estimate of drug-likeness (QED) is 0.898. The van der Waals surface area contributed by atoms with Crippen molar-refractivity contribution in [1.29, 1.82) is 0 Å². The van der Waals surface area contributed by atoms with Crippen LogP contribution in [0.5, 0.6) is 5.75 Å². The van der Waals surface area contributed by atoms with Gasteiger partial charge in [0.15, 0.2) is 0 Å². The van der Waals surface area contributed by atoms with Crippen LogP contribution >= 0.6 is 0 Å². The van der Waals surface area contributed by atoms with Crippen LogP contribution in [0.25, 0.3) is 0 Å². The number of pyridine rings is 1. The van der Waals surface area contributed by atoms with Crippen molar-refractivity contribution in [1.82, 2.24) is 10.3 Å². The van der Waals surface area contributed by atoms with Crippen molar-refractivity contribution in [3.8, 4) is 5.75 Å². The molecule has 0 saturated carbocycles. The van der Waals surface area contributed by atoms with Gasteiger partial charge in [-0.1, -0.05) is 0 Å². The van der Waals surface area contributed by atoms with E-state index in [-0.39, 0.29) is 6.42 Å². The van der Waals surface area contributed by atoms with E-state index >= 15 is 0 Å². The van der Waals surface area contributed by atoms with Gasteiger partial charge in [0.2, 0.25) is 0 Å². The summed E-state index contributed by atoms with van der Waals surface area (Å²) in [6.45, 7) is 3.67. The average molecular weight is 276 g/mol. The van der Waals surface area contributed by atoms with E-state index in [1.165, 1.54) is 7.05 Å². The first-order chi connectivity index (χ1) is 8.78. The van der Waals surface area contributed by atoms with Crippen LogP contribution in [0, 0.1) is 13.8 Å². The number of ether oxygens (including phenoxy) is 1. The van der Waals surface area contributed by atoms with Gasteiger partial charge in [-0.05, 0) is 20.9 Å². The molecule has 1 N–H and O–H groups in total. The number of methoxy groups -OCH3 is 1. The molecule has 1 atom stereocenters. The monoisotopic (exact) mass is 276 g/mol. The number of aryl methyl sites for hydroxylation is 1. The maximum absolute atomic E-state index is 12.4. The van der Waals surface area contributed by atoms with Gasteiger partial charge in [-0.15, -0.1) is 0 Å². The van der Waals surface area contributed by atoms with E-state index in [4.69, 9.17) is 4.74 Å². The molecule has 0 aliphatic rings. The zero-order valence-electron chi connectivity index (χ0n) is 11.6. The van der Waals surface area contributed by atoms with E-state index in [9.17, 15) is 13.2 Å². The molecule has 3 nitrogen and oxygen atoms in total. The van der Waals surface area contributed by atoms with Crippen molar-refractivity contribution in [2.45, 2.75) is 38.9 Å². The van der Waals surface area contributed by atoms with Gasteiger partial charge in [-0.3, -0.25) is 4.98 Å². The summed E-state index contributed by atoms with van der Waals surface area (Å²) in [6, 6.07) is -0.682. The van der Waals surface area contributed by atoms with Crippen LogP contribution in [-0.4, -0.2) is 31.4 Å². The van der Waals surface area contributed by atoms with E-state index in [0.717, 1.165) is 11.1 Å². The third-order valence-electron chi connectivity index (χ3n) is 3.08. The van der Waals surface area contributed by atoms with Crippen LogP contribution < -0.4 is 10.1 Å². The molecule has 1 aromatic heterocycles. The molecule has 108 valence electrons. The van der Waals surface area contributed by atoms with Gasteiger partial charge >= 0.3 is 6.18 Å². The molecule has 0 aliphatic carbocycles. The molecule has 1 rings (SSSR count). The lowest BCUT2D eigenvalue weighted by Crippen LogP contribution is -2.33. The highest BCUT2D eigenvalue weighted by Crippen LogP contribution is 2.27. The SMILES string of the molecule is CNC(Cc1ncc(C)c(OC)c1C)CC(F)(F)F. The zero-order valence-corrected chi connectivity index (χ0v) is 11.6. The molecule has 1 heterocycles. The molecule has 0 aromatic carbocycles. The Kier molecular flexibility index (Phi) is 5.17. The number of aromatic nitrogens is 1. The highest BCUT2D eigenvalue weighted by molar-refractivity contribution is 5.41. The summed E-state index contributed by atoms with van der Waals surface area (Å²) in [7, 11) is 3.07. The molecule has 0 radical (unpaired) electrons. The van der Waals surface area contributed by atoms with Crippen LogP contribution in [0.1, 0.15) is 23.2 Å². The fourth-order valence-electron chi connectivity index (χ4n) is 2.07. The third kappa shape index (κ3) is 4.38. The first-order valence-corrected chi connectivity index (χ1v) is 6.01. The van der Waals surface area contributed by atoms with Crippen LogP contribution in [0.4, 0.5) is 13.2 Å². The summed E-state index contributed by atoms with van der Waals surface area (Å²) in [5, 5.41) is 2.69. The van der Waals surface area contributed by atoms with Crippen LogP contribution in [0.2, 0.25) is 0 Å². The Bertz CT molecular complexity index is 433. The summed E-state index contributed by atoms with van der Waals surface area (Å²) < 4.78 is 42.5. The maximum atomic E-state index is 12.4. The lowest BCUT2D eigenvalue weighted by atomic mass is 10.0. The Morgan fingerprint density at radius 2 is 2.00 bits per heavy atom. The first-order valence-electron chi connectivity index (χ1n) is 6.01. The van der Waals surface area contributed by atoms with E-state index in [2.05, 4.69) is 10.3 Å². The van der Waals surface area contributed by atoms with Crippen molar-refractivity contribution < 1.29 is 17.9 Å². The topological polar surface area (TPSA) is 34.2 Å². The highest BCUT2D eigenvalue weighted by atomic mass is 19.4. The molecule has 0 aliphatic heterocycles. The lowest BCUT2D eigenvalue weighted by Gasteiger charge is -2.19. The minimum atomic E-state index is -4.18. The van der Waals surface area contributed by atoms with Gasteiger partial charge < -0.3 is 10.1 Å². The predicted molar refractivity (Wildman–Crippen MR) is 67.5 cm³/mol. The molecule has 0 bridgehead atoms. The highest BCUT2D eigenvalue weighted by Gasteiger charge is 2.31. The van der Waals surface area contributed by atoms with Gasteiger partial charge in [0, 0.05) is 35.5 Å². The number of nitrogens with one attached hydrogen (secondary N) is 1. The molecular formula is C13H19F3N2O. The van der Waals surface area contributed by atoms with E-state index in [0.29, 0.717) is 11.4 Å². The summed E-state index contributed by atoms with van der Waals surface area (Å²) in [5.41, 5.74) is 2.30. The second-order valence-electron chi connectivity index (χ2n) is 4.56. The molecule has 0 saturated heterocycles. The van der Waals surface area contributed by atoms with Crippen molar-refractivity contribution in [3.05, 3.63) is 23.0 Å². The van der Waals surface area contributed by atoms with Crippen molar-refractivity contribution in [2.75, 3.05) is 14.2 Å². The Labute approximate surface area is 111 Å². The minimum Gasteiger partial charge on any atom is -0.496 e. The fourth-order valence-corrected chi connectivity index (χ4v) is 2.07. The number of halogens is 3. The normalized spacial score (nSPS) is 13.4. The minimum absolute atomic E-state index is 0.221. The average Bonchev–Trinajstić information content (AvgIpc) is 2.30. The lowest BCUT2D eigenvalue weighted by molar-refractivity contribution is -0.139. The van der Waals surface area contributed by atoms with E-state index in [1.807, 2.05) is 13.8 Å². The maximum Gasteiger partial charge on any atom is 0.390 e. The molecule has 0 amide bonds. The van der Waals surface area contributed by atoms with Crippen molar-refractivity contribution in [2.24, 2.45) is 0 Å². The molecule has 1 unspecified atom stereocenters. The first kappa shape index (κ1) is 15.8. The molecule has 6 heteroatoms. The van der Waals surface area contributed by atoms with Gasteiger partial charge in [-0.2, -0.15) is 13.2 Å². The fraction of sp³-hybridized carbons (Fsp3) is 0.615. The van der Waals surface area contributed by atoms with Gasteiger partial charge in [0.05, 0.1) is 13.5 Å². The molecule has 0 fully saturated rings. The number of rotatable bonds is 5. The Morgan fingerprint density at radius 1 is 1.37 bits per heavy atom. The van der Waals surface area contributed by atoms with Crippen LogP contribution in [0.3, 0.4) is 0 Å². The second-order valence-corrected chi connectivity index (χ2v) is 4.56. The second kappa shape index (κ2) is 6.23. The zero-order chi connectivity index (χ0) is 14.6. The number of hydrogen-bond donors (Lipinski definition) is 1. The number of nitrogens with zero attached hydrogens (tertiary/aromatic N) is 1. The Hall–Kier alpha value is -1.30. The summed E-state index contributed by atoms with van der Waals surface area (Å²) >= 11 is 0. The van der Waals surface area contributed by atoms with Gasteiger partial charge in [-0.25, -0.2) is 0 Å². The van der Waals surface area contributed by atoms with E-state index in [1.54, 1.807) is 13.3 Å². The Morgan fingerprint density at radius 3 is 2.47 bits per heavy atom. The molecule has 0 spiro atoms. The standard InChI is InChI=1S/C13H19F3N2O/c1-8-7-18-11(9(2)12(8)19-4)5-10(17-3)6-13(14,15)16/h7,10,17H,5-6H2,1-4H3. The largest absolute Gasteiger partial charge is 0.496 e. The van der Waals surface area contributed by atoms with Gasteiger partial charge in [0.1, 0.15) is 5.75 Å². The summed E-state index contributed by atoms with van der Waals surface area (Å²) in [5.74, 6) is 0.687. The van der Waals surface area contributed by atoms with Crippen LogP contribution in [0.15, 0.2) is 6.20 Å². The summed E-state index contributed by atoms with van der Waals surface area (Å²) in [4.78, 5) is 4.22. The molecule has 1 aromatic rings. The Balaban J connectivity index is 2.92. The van der Waals surface area contributed by atoms with E-state index < -0.39 is 18.6 Å². The number of hydrogen-bond acceptors (Lipinski definition) is 3. The number of likely N-dealkylation sites (N-methyl/N-ethyl adjacent to an activating group) is 1. The smallest absolute Gasteiger partial charge is 0.390 e. The third-order valence-corrected chi connectivity index (χ3v) is 3.08. The predicted octanol–water partition coefficient (Wildman–Crippen LogP) is 2.79. The van der Waals surface area contributed by atoms with Crippen molar-refractivity contribution >= 4 is 0 Å². The molecular weight excluding hydrogens is 257 g/mol.